The van der Waals surface area contributed by atoms with Crippen molar-refractivity contribution in [3.05, 3.63) is 34.8 Å². The fourth-order valence-electron chi connectivity index (χ4n) is 3.07. The zero-order valence-electron chi connectivity index (χ0n) is 11.2. The molecule has 20 heavy (non-hydrogen) atoms. The maximum Gasteiger partial charge on any atom is 0.175 e. The number of nitrogen functional groups attached to an aromatic ring is 1. The third-order valence-corrected chi connectivity index (χ3v) is 4.46. The van der Waals surface area contributed by atoms with Crippen LogP contribution in [0.25, 0.3) is 11.1 Å². The summed E-state index contributed by atoms with van der Waals surface area (Å²) in [5.41, 5.74) is 6.82. The first-order valence-corrected chi connectivity index (χ1v) is 7.16. The van der Waals surface area contributed by atoms with Crippen molar-refractivity contribution >= 4 is 17.4 Å². The highest BCUT2D eigenvalue weighted by Crippen LogP contribution is 2.45. The van der Waals surface area contributed by atoms with Crippen molar-refractivity contribution in [3.63, 3.8) is 0 Å². The first kappa shape index (κ1) is 13.4. The van der Waals surface area contributed by atoms with Crippen molar-refractivity contribution in [2.75, 3.05) is 5.73 Å². The van der Waals surface area contributed by atoms with E-state index in [1.807, 2.05) is 0 Å². The van der Waals surface area contributed by atoms with Crippen LogP contribution in [0.15, 0.2) is 22.7 Å². The van der Waals surface area contributed by atoms with Crippen LogP contribution in [0.4, 0.5) is 10.2 Å². The van der Waals surface area contributed by atoms with Crippen LogP contribution in [0.1, 0.15) is 37.9 Å². The van der Waals surface area contributed by atoms with E-state index >= 15 is 0 Å². The lowest BCUT2D eigenvalue weighted by Gasteiger charge is -2.14. The van der Waals surface area contributed by atoms with Gasteiger partial charge in [-0.1, -0.05) is 42.2 Å². The van der Waals surface area contributed by atoms with E-state index in [0.29, 0.717) is 22.8 Å². The van der Waals surface area contributed by atoms with Gasteiger partial charge in [0, 0.05) is 11.5 Å². The van der Waals surface area contributed by atoms with Crippen molar-refractivity contribution in [3.8, 4) is 11.1 Å². The molecule has 5 heteroatoms. The highest BCUT2D eigenvalue weighted by Gasteiger charge is 2.32. The smallest absolute Gasteiger partial charge is 0.175 e. The first-order valence-electron chi connectivity index (χ1n) is 6.79. The molecule has 2 unspecified atom stereocenters. The number of nitrogens with two attached hydrogens (primary N) is 1. The number of hydrogen-bond acceptors (Lipinski definition) is 3. The van der Waals surface area contributed by atoms with Crippen LogP contribution in [-0.4, -0.2) is 5.16 Å². The van der Waals surface area contributed by atoms with Gasteiger partial charge in [-0.3, -0.25) is 0 Å². The molecule has 1 aliphatic carbocycles. The Morgan fingerprint density at radius 1 is 1.40 bits per heavy atom. The molecule has 0 saturated heterocycles. The number of halogens is 2. The second-order valence-electron chi connectivity index (χ2n) is 5.42. The molecule has 0 amide bonds. The predicted molar refractivity (Wildman–Crippen MR) is 77.1 cm³/mol. The lowest BCUT2D eigenvalue weighted by atomic mass is 9.90. The molecule has 1 aromatic heterocycles. The minimum Gasteiger partial charge on any atom is -0.380 e. The number of benzene rings is 1. The molecule has 1 saturated carbocycles. The van der Waals surface area contributed by atoms with Crippen molar-refractivity contribution in [2.24, 2.45) is 5.92 Å². The molecule has 0 aliphatic heterocycles. The van der Waals surface area contributed by atoms with Crippen LogP contribution in [0.5, 0.6) is 0 Å². The van der Waals surface area contributed by atoms with Crippen LogP contribution in [-0.2, 0) is 0 Å². The average Bonchev–Trinajstić information content (AvgIpc) is 2.99. The van der Waals surface area contributed by atoms with Gasteiger partial charge in [0.05, 0.1) is 10.6 Å². The van der Waals surface area contributed by atoms with Gasteiger partial charge in [-0.15, -0.1) is 0 Å². The number of rotatable bonds is 2. The SMILES string of the molecule is CC1CCCC1c1onc(N)c1-c1cccc(Cl)c1F. The minimum absolute atomic E-state index is 0.0773. The first-order chi connectivity index (χ1) is 9.59. The Kier molecular flexibility index (Phi) is 3.42. The third-order valence-electron chi connectivity index (χ3n) is 4.16. The maximum absolute atomic E-state index is 14.3. The molecule has 3 rings (SSSR count). The van der Waals surface area contributed by atoms with Gasteiger partial charge in [0.25, 0.3) is 0 Å². The van der Waals surface area contributed by atoms with Gasteiger partial charge in [-0.2, -0.15) is 0 Å². The number of hydrogen-bond donors (Lipinski definition) is 1. The van der Waals surface area contributed by atoms with E-state index in [-0.39, 0.29) is 16.8 Å². The Balaban J connectivity index is 2.14. The summed E-state index contributed by atoms with van der Waals surface area (Å²) in [6, 6.07) is 4.88. The van der Waals surface area contributed by atoms with E-state index in [4.69, 9.17) is 21.9 Å². The van der Waals surface area contributed by atoms with Gasteiger partial charge in [-0.25, -0.2) is 4.39 Å². The van der Waals surface area contributed by atoms with Crippen LogP contribution in [0.2, 0.25) is 5.02 Å². The Hall–Kier alpha value is -1.55. The van der Waals surface area contributed by atoms with Crippen LogP contribution < -0.4 is 5.73 Å². The van der Waals surface area contributed by atoms with E-state index in [1.165, 1.54) is 6.07 Å². The maximum atomic E-state index is 14.3. The Labute approximate surface area is 121 Å². The van der Waals surface area contributed by atoms with Crippen LogP contribution in [0, 0.1) is 11.7 Å². The summed E-state index contributed by atoms with van der Waals surface area (Å²) in [4.78, 5) is 0. The average molecular weight is 295 g/mol. The van der Waals surface area contributed by atoms with E-state index in [9.17, 15) is 4.39 Å². The quantitative estimate of drug-likeness (QED) is 0.879. The topological polar surface area (TPSA) is 52.0 Å². The molecular weight excluding hydrogens is 279 g/mol. The molecule has 1 fully saturated rings. The van der Waals surface area contributed by atoms with Crippen molar-refractivity contribution in [1.29, 1.82) is 0 Å². The lowest BCUT2D eigenvalue weighted by Crippen LogP contribution is -2.03. The summed E-state index contributed by atoms with van der Waals surface area (Å²) in [6.45, 7) is 2.18. The van der Waals surface area contributed by atoms with E-state index in [0.717, 1.165) is 19.3 Å². The molecule has 0 spiro atoms. The van der Waals surface area contributed by atoms with Crippen molar-refractivity contribution < 1.29 is 8.91 Å². The fourth-order valence-corrected chi connectivity index (χ4v) is 3.25. The van der Waals surface area contributed by atoms with E-state index in [1.54, 1.807) is 12.1 Å². The van der Waals surface area contributed by atoms with Crippen LogP contribution in [0.3, 0.4) is 0 Å². The summed E-state index contributed by atoms with van der Waals surface area (Å²) < 4.78 is 19.7. The standard InChI is InChI=1S/C15H16ClFN2O/c1-8-4-2-5-9(8)14-12(15(18)19-20-14)10-6-3-7-11(16)13(10)17/h3,6-9H,2,4-5H2,1H3,(H2,18,19). The van der Waals surface area contributed by atoms with E-state index in [2.05, 4.69) is 12.1 Å². The molecule has 2 atom stereocenters. The highest BCUT2D eigenvalue weighted by molar-refractivity contribution is 6.31. The Bertz CT molecular complexity index is 641. The Morgan fingerprint density at radius 3 is 2.90 bits per heavy atom. The summed E-state index contributed by atoms with van der Waals surface area (Å²) in [6.07, 6.45) is 3.30. The molecule has 1 heterocycles. The molecule has 2 N–H and O–H groups in total. The molecule has 0 radical (unpaired) electrons. The zero-order valence-corrected chi connectivity index (χ0v) is 12.0. The summed E-state index contributed by atoms with van der Waals surface area (Å²) in [5, 5.41) is 3.91. The van der Waals surface area contributed by atoms with Gasteiger partial charge in [0.1, 0.15) is 11.6 Å². The second-order valence-corrected chi connectivity index (χ2v) is 5.83. The second kappa shape index (κ2) is 5.09. The Morgan fingerprint density at radius 2 is 2.20 bits per heavy atom. The van der Waals surface area contributed by atoms with E-state index < -0.39 is 5.82 Å². The van der Waals surface area contributed by atoms with Gasteiger partial charge in [0.2, 0.25) is 0 Å². The van der Waals surface area contributed by atoms with Gasteiger partial charge >= 0.3 is 0 Å². The minimum atomic E-state index is -0.476. The van der Waals surface area contributed by atoms with Gasteiger partial charge in [-0.05, 0) is 24.8 Å². The lowest BCUT2D eigenvalue weighted by molar-refractivity contribution is 0.341. The largest absolute Gasteiger partial charge is 0.380 e. The van der Waals surface area contributed by atoms with Crippen molar-refractivity contribution in [1.82, 2.24) is 5.16 Å². The van der Waals surface area contributed by atoms with Crippen LogP contribution >= 0.6 is 11.6 Å². The van der Waals surface area contributed by atoms with Gasteiger partial charge in [0.15, 0.2) is 5.82 Å². The summed E-state index contributed by atoms with van der Waals surface area (Å²) >= 11 is 5.86. The highest BCUT2D eigenvalue weighted by atomic mass is 35.5. The third kappa shape index (κ3) is 2.08. The molecule has 106 valence electrons. The molecule has 2 aromatic rings. The molecular formula is C15H16ClFN2O. The zero-order chi connectivity index (χ0) is 14.3. The number of aromatic nitrogens is 1. The summed E-state index contributed by atoms with van der Waals surface area (Å²) in [5.74, 6) is 1.17. The van der Waals surface area contributed by atoms with Gasteiger partial charge < -0.3 is 10.3 Å². The number of nitrogens with zero attached hydrogens (tertiary/aromatic N) is 1. The molecule has 1 aliphatic rings. The van der Waals surface area contributed by atoms with Crippen molar-refractivity contribution in [2.45, 2.75) is 32.1 Å². The normalized spacial score (nSPS) is 22.4. The molecule has 0 bridgehead atoms. The predicted octanol–water partition coefficient (Wildman–Crippen LogP) is 4.62. The number of anilines is 1. The monoisotopic (exact) mass is 294 g/mol. The fraction of sp³-hybridized carbons (Fsp3) is 0.400. The summed E-state index contributed by atoms with van der Waals surface area (Å²) in [7, 11) is 0. The molecule has 3 nitrogen and oxygen atoms in total. The molecule has 1 aromatic carbocycles.